The number of nitrogens with one attached hydrogen (secondary N) is 1. The van der Waals surface area contributed by atoms with E-state index in [0.717, 1.165) is 18.2 Å². The zero-order valence-corrected chi connectivity index (χ0v) is 16.5. The molecule has 0 aliphatic heterocycles. The van der Waals surface area contributed by atoms with Gasteiger partial charge in [0.05, 0.1) is 34.5 Å². The highest BCUT2D eigenvalue weighted by Gasteiger charge is 2.32. The van der Waals surface area contributed by atoms with Crippen molar-refractivity contribution in [2.75, 3.05) is 25.0 Å². The predicted octanol–water partition coefficient (Wildman–Crippen LogP) is 4.19. The number of ether oxygens (including phenoxy) is 2. The maximum Gasteiger partial charge on any atom is 0.416 e. The highest BCUT2D eigenvalue weighted by atomic mass is 32.2. The van der Waals surface area contributed by atoms with Gasteiger partial charge in [-0.15, -0.1) is 0 Å². The Kier molecular flexibility index (Phi) is 6.32. The largest absolute Gasteiger partial charge is 0.491 e. The number of benzene rings is 2. The van der Waals surface area contributed by atoms with Crippen LogP contribution in [0.1, 0.15) is 5.56 Å². The fraction of sp³-hybridized carbons (Fsp3) is 0.211. The number of rotatable bonds is 8. The SMILES string of the molecule is COCCOc1ccc(NS(=O)(=O)c2cccc(C(F)(F)F)c2)c(-c2ncco2)c1. The Morgan fingerprint density at radius 1 is 1.13 bits per heavy atom. The average Bonchev–Trinajstić information content (AvgIpc) is 3.23. The highest BCUT2D eigenvalue weighted by molar-refractivity contribution is 7.92. The first-order valence-corrected chi connectivity index (χ1v) is 10.0. The summed E-state index contributed by atoms with van der Waals surface area (Å²) in [6, 6.07) is 7.88. The van der Waals surface area contributed by atoms with E-state index in [1.807, 2.05) is 0 Å². The summed E-state index contributed by atoms with van der Waals surface area (Å²) in [6.45, 7) is 0.606. The minimum atomic E-state index is -4.67. The molecule has 3 rings (SSSR count). The third-order valence-electron chi connectivity index (χ3n) is 3.93. The fourth-order valence-electron chi connectivity index (χ4n) is 2.52. The van der Waals surface area contributed by atoms with Crippen LogP contribution in [-0.4, -0.2) is 33.7 Å². The lowest BCUT2D eigenvalue weighted by Crippen LogP contribution is -2.15. The molecule has 0 atom stereocenters. The number of aromatic nitrogens is 1. The third-order valence-corrected chi connectivity index (χ3v) is 5.29. The minimum Gasteiger partial charge on any atom is -0.491 e. The molecule has 2 aromatic carbocycles. The van der Waals surface area contributed by atoms with Gasteiger partial charge in [0.2, 0.25) is 5.89 Å². The van der Waals surface area contributed by atoms with E-state index < -0.39 is 26.7 Å². The van der Waals surface area contributed by atoms with Crippen LogP contribution < -0.4 is 9.46 Å². The molecule has 1 aromatic heterocycles. The van der Waals surface area contributed by atoms with Crippen LogP contribution in [-0.2, 0) is 20.9 Å². The van der Waals surface area contributed by atoms with Gasteiger partial charge in [-0.05, 0) is 36.4 Å². The molecule has 0 saturated carbocycles. The van der Waals surface area contributed by atoms with Crippen molar-refractivity contribution >= 4 is 15.7 Å². The standard InChI is InChI=1S/C19H17F3N2O5S/c1-27-9-10-28-14-5-6-17(16(12-14)18-23-7-8-29-18)24-30(25,26)15-4-2-3-13(11-15)19(20,21)22/h2-8,11-12,24H,9-10H2,1H3. The molecule has 0 saturated heterocycles. The molecule has 7 nitrogen and oxygen atoms in total. The van der Waals surface area contributed by atoms with Crippen LogP contribution in [0.25, 0.3) is 11.5 Å². The van der Waals surface area contributed by atoms with E-state index in [0.29, 0.717) is 18.4 Å². The van der Waals surface area contributed by atoms with Gasteiger partial charge in [-0.1, -0.05) is 6.07 Å². The highest BCUT2D eigenvalue weighted by Crippen LogP contribution is 2.34. The van der Waals surface area contributed by atoms with Crippen LogP contribution in [0.3, 0.4) is 0 Å². The van der Waals surface area contributed by atoms with Crippen molar-refractivity contribution in [2.45, 2.75) is 11.1 Å². The van der Waals surface area contributed by atoms with Gasteiger partial charge in [0.25, 0.3) is 10.0 Å². The quantitative estimate of drug-likeness (QED) is 0.526. The molecule has 0 bridgehead atoms. The molecule has 0 radical (unpaired) electrons. The summed E-state index contributed by atoms with van der Waals surface area (Å²) in [5.41, 5.74) is -0.750. The Morgan fingerprint density at radius 2 is 1.93 bits per heavy atom. The Labute approximate surface area is 170 Å². The first-order chi connectivity index (χ1) is 14.2. The minimum absolute atomic E-state index is 0.0638. The van der Waals surface area contributed by atoms with E-state index in [4.69, 9.17) is 13.9 Å². The summed E-state index contributed by atoms with van der Waals surface area (Å²) < 4.78 is 82.2. The lowest BCUT2D eigenvalue weighted by molar-refractivity contribution is -0.137. The second kappa shape index (κ2) is 8.76. The normalized spacial score (nSPS) is 12.0. The summed E-state index contributed by atoms with van der Waals surface area (Å²) in [6.07, 6.45) is -1.99. The van der Waals surface area contributed by atoms with Crippen LogP contribution >= 0.6 is 0 Å². The van der Waals surface area contributed by atoms with E-state index in [9.17, 15) is 21.6 Å². The maximum absolute atomic E-state index is 12.9. The lowest BCUT2D eigenvalue weighted by Gasteiger charge is -2.14. The molecule has 160 valence electrons. The molecule has 0 aliphatic carbocycles. The molecule has 11 heteroatoms. The number of nitrogens with zero attached hydrogens (tertiary/aromatic N) is 1. The van der Waals surface area contributed by atoms with Crippen molar-refractivity contribution in [3.05, 3.63) is 60.5 Å². The topological polar surface area (TPSA) is 90.7 Å². The molecule has 0 fully saturated rings. The van der Waals surface area contributed by atoms with Crippen molar-refractivity contribution < 1.29 is 35.5 Å². The lowest BCUT2D eigenvalue weighted by atomic mass is 10.1. The molecule has 0 unspecified atom stereocenters. The second-order valence-corrected chi connectivity index (χ2v) is 7.70. The molecule has 1 heterocycles. The smallest absolute Gasteiger partial charge is 0.416 e. The summed E-state index contributed by atoms with van der Waals surface area (Å²) in [7, 11) is -2.80. The van der Waals surface area contributed by atoms with Gasteiger partial charge in [0, 0.05) is 7.11 Å². The van der Waals surface area contributed by atoms with Crippen LogP contribution in [0.2, 0.25) is 0 Å². The number of anilines is 1. The van der Waals surface area contributed by atoms with Gasteiger partial charge in [0.1, 0.15) is 18.6 Å². The van der Waals surface area contributed by atoms with E-state index in [2.05, 4.69) is 9.71 Å². The van der Waals surface area contributed by atoms with Crippen molar-refractivity contribution in [1.29, 1.82) is 0 Å². The number of hydrogen-bond acceptors (Lipinski definition) is 6. The van der Waals surface area contributed by atoms with E-state index in [1.54, 1.807) is 0 Å². The molecular formula is C19H17F3N2O5S. The summed E-state index contributed by atoms with van der Waals surface area (Å²) in [4.78, 5) is 3.47. The summed E-state index contributed by atoms with van der Waals surface area (Å²) in [5.74, 6) is 0.510. The summed E-state index contributed by atoms with van der Waals surface area (Å²) >= 11 is 0. The average molecular weight is 442 g/mol. The molecule has 0 spiro atoms. The van der Waals surface area contributed by atoms with Gasteiger partial charge >= 0.3 is 6.18 Å². The van der Waals surface area contributed by atoms with Gasteiger partial charge in [-0.25, -0.2) is 13.4 Å². The van der Waals surface area contributed by atoms with Crippen molar-refractivity contribution in [2.24, 2.45) is 0 Å². The molecule has 3 aromatic rings. The zero-order chi connectivity index (χ0) is 21.8. The number of halogens is 3. The molecule has 1 N–H and O–H groups in total. The van der Waals surface area contributed by atoms with Crippen LogP contribution in [0.15, 0.2) is 64.2 Å². The zero-order valence-electron chi connectivity index (χ0n) is 15.6. The van der Waals surface area contributed by atoms with Crippen LogP contribution in [0, 0.1) is 0 Å². The van der Waals surface area contributed by atoms with Crippen molar-refractivity contribution in [3.63, 3.8) is 0 Å². The summed E-state index contributed by atoms with van der Waals surface area (Å²) in [5, 5.41) is 0. The van der Waals surface area contributed by atoms with Crippen LogP contribution in [0.5, 0.6) is 5.75 Å². The van der Waals surface area contributed by atoms with Crippen molar-refractivity contribution in [3.8, 4) is 17.2 Å². The number of sulfonamides is 1. The van der Waals surface area contributed by atoms with Gasteiger partial charge in [-0.3, -0.25) is 4.72 Å². The van der Waals surface area contributed by atoms with Gasteiger partial charge in [-0.2, -0.15) is 13.2 Å². The first kappa shape index (κ1) is 21.7. The Hall–Kier alpha value is -3.05. The Morgan fingerprint density at radius 3 is 2.60 bits per heavy atom. The first-order valence-electron chi connectivity index (χ1n) is 8.56. The van der Waals surface area contributed by atoms with Gasteiger partial charge in [0.15, 0.2) is 0 Å². The number of alkyl halides is 3. The monoisotopic (exact) mass is 442 g/mol. The number of oxazole rings is 1. The van der Waals surface area contributed by atoms with E-state index in [1.165, 1.54) is 37.8 Å². The maximum atomic E-state index is 12.9. The molecule has 30 heavy (non-hydrogen) atoms. The predicted molar refractivity (Wildman–Crippen MR) is 102 cm³/mol. The Bertz CT molecular complexity index is 1100. The molecule has 0 aliphatic rings. The third kappa shape index (κ3) is 5.10. The van der Waals surface area contributed by atoms with E-state index in [-0.39, 0.29) is 23.7 Å². The number of methoxy groups -OCH3 is 1. The van der Waals surface area contributed by atoms with Crippen LogP contribution in [0.4, 0.5) is 18.9 Å². The number of hydrogen-bond donors (Lipinski definition) is 1. The molecular weight excluding hydrogens is 425 g/mol. The Balaban J connectivity index is 1.95. The van der Waals surface area contributed by atoms with Crippen molar-refractivity contribution in [1.82, 2.24) is 4.98 Å². The molecule has 0 amide bonds. The van der Waals surface area contributed by atoms with E-state index >= 15 is 0 Å². The second-order valence-electron chi connectivity index (χ2n) is 6.02. The fourth-order valence-corrected chi connectivity index (χ4v) is 3.65. The van der Waals surface area contributed by atoms with Gasteiger partial charge < -0.3 is 13.9 Å².